The molecule has 0 atom stereocenters. The van der Waals surface area contributed by atoms with Gasteiger partial charge in [-0.05, 0) is 18.2 Å². The van der Waals surface area contributed by atoms with E-state index in [2.05, 4.69) is 20.3 Å². The Morgan fingerprint density at radius 2 is 1.95 bits per heavy atom. The molecule has 1 heterocycles. The summed E-state index contributed by atoms with van der Waals surface area (Å²) < 4.78 is 30.5. The number of anilines is 1. The first kappa shape index (κ1) is 13.7. The predicted molar refractivity (Wildman–Crippen MR) is 63.9 cm³/mol. The zero-order chi connectivity index (χ0) is 14.5. The topological polar surface area (TPSA) is 84.1 Å². The Bertz CT molecular complexity index is 609. The average molecular weight is 281 g/mol. The monoisotopic (exact) mass is 281 g/mol. The maximum absolute atomic E-state index is 12.9. The fraction of sp³-hybridized carbons (Fsp3) is 0.0833. The molecular weight excluding hydrogens is 272 g/mol. The van der Waals surface area contributed by atoms with E-state index in [0.29, 0.717) is 6.07 Å². The standard InChI is InChI=1S/C12H9F2N3O3/c13-7-3-8(14)5-9(4-7)16-11(18)6-20-12(19)10-1-2-15-17-10/h1-5H,6H2,(H,15,17)(H,16,18). The van der Waals surface area contributed by atoms with Crippen LogP contribution in [-0.4, -0.2) is 28.7 Å². The van der Waals surface area contributed by atoms with Crippen LogP contribution in [0.2, 0.25) is 0 Å². The molecule has 0 aliphatic carbocycles. The number of H-pyrrole nitrogens is 1. The molecule has 0 saturated carbocycles. The predicted octanol–water partition coefficient (Wildman–Crippen LogP) is 1.48. The number of rotatable bonds is 4. The Morgan fingerprint density at radius 1 is 1.25 bits per heavy atom. The summed E-state index contributed by atoms with van der Waals surface area (Å²) >= 11 is 0. The van der Waals surface area contributed by atoms with Crippen molar-refractivity contribution in [1.82, 2.24) is 10.2 Å². The van der Waals surface area contributed by atoms with Crippen LogP contribution in [-0.2, 0) is 9.53 Å². The van der Waals surface area contributed by atoms with Gasteiger partial charge in [-0.1, -0.05) is 0 Å². The van der Waals surface area contributed by atoms with Gasteiger partial charge in [-0.15, -0.1) is 0 Å². The van der Waals surface area contributed by atoms with Gasteiger partial charge in [-0.25, -0.2) is 13.6 Å². The Kier molecular flexibility index (Phi) is 4.04. The highest BCUT2D eigenvalue weighted by Gasteiger charge is 2.11. The molecule has 0 aliphatic heterocycles. The van der Waals surface area contributed by atoms with Crippen LogP contribution in [0.4, 0.5) is 14.5 Å². The van der Waals surface area contributed by atoms with Gasteiger partial charge in [0.1, 0.15) is 17.3 Å². The van der Waals surface area contributed by atoms with Crippen molar-refractivity contribution in [1.29, 1.82) is 0 Å². The van der Waals surface area contributed by atoms with Gasteiger partial charge in [-0.3, -0.25) is 9.89 Å². The van der Waals surface area contributed by atoms with Crippen LogP contribution in [0, 0.1) is 11.6 Å². The van der Waals surface area contributed by atoms with E-state index in [1.807, 2.05) is 0 Å². The quantitative estimate of drug-likeness (QED) is 0.831. The van der Waals surface area contributed by atoms with E-state index >= 15 is 0 Å². The number of amides is 1. The number of carbonyl (C=O) groups excluding carboxylic acids is 2. The normalized spacial score (nSPS) is 10.1. The van der Waals surface area contributed by atoms with Crippen molar-refractivity contribution in [2.45, 2.75) is 0 Å². The van der Waals surface area contributed by atoms with Crippen LogP contribution < -0.4 is 5.32 Å². The molecule has 0 spiro atoms. The summed E-state index contributed by atoms with van der Waals surface area (Å²) in [5.74, 6) is -3.13. The third kappa shape index (κ3) is 3.61. The minimum absolute atomic E-state index is 0.0647. The molecule has 0 saturated heterocycles. The highest BCUT2D eigenvalue weighted by molar-refractivity contribution is 5.94. The minimum Gasteiger partial charge on any atom is -0.451 e. The molecule has 20 heavy (non-hydrogen) atoms. The van der Waals surface area contributed by atoms with Crippen LogP contribution in [0.1, 0.15) is 10.5 Å². The fourth-order valence-corrected chi connectivity index (χ4v) is 1.40. The molecule has 2 aromatic rings. The van der Waals surface area contributed by atoms with Crippen molar-refractivity contribution in [2.24, 2.45) is 0 Å². The van der Waals surface area contributed by atoms with Crippen LogP contribution in [0.25, 0.3) is 0 Å². The van der Waals surface area contributed by atoms with Crippen molar-refractivity contribution in [3.05, 3.63) is 47.8 Å². The lowest BCUT2D eigenvalue weighted by molar-refractivity contribution is -0.119. The molecule has 2 rings (SSSR count). The van der Waals surface area contributed by atoms with Crippen LogP contribution in [0.3, 0.4) is 0 Å². The summed E-state index contributed by atoms with van der Waals surface area (Å²) in [7, 11) is 0. The molecule has 6 nitrogen and oxygen atoms in total. The van der Waals surface area contributed by atoms with Crippen LogP contribution >= 0.6 is 0 Å². The van der Waals surface area contributed by atoms with Gasteiger partial charge >= 0.3 is 5.97 Å². The number of hydrogen-bond donors (Lipinski definition) is 2. The molecular formula is C12H9F2N3O3. The Morgan fingerprint density at radius 3 is 2.55 bits per heavy atom. The SMILES string of the molecule is O=C(COC(=O)c1ccn[nH]1)Nc1cc(F)cc(F)c1. The van der Waals surface area contributed by atoms with E-state index < -0.39 is 30.1 Å². The zero-order valence-electron chi connectivity index (χ0n) is 10.0. The summed E-state index contributed by atoms with van der Waals surface area (Å²) in [5, 5.41) is 8.12. The molecule has 104 valence electrons. The average Bonchev–Trinajstić information content (AvgIpc) is 2.88. The lowest BCUT2D eigenvalue weighted by Crippen LogP contribution is -2.21. The van der Waals surface area contributed by atoms with Crippen molar-refractivity contribution in [3.63, 3.8) is 0 Å². The third-order valence-corrected chi connectivity index (χ3v) is 2.20. The molecule has 0 unspecified atom stereocenters. The number of carbonyl (C=O) groups is 2. The first-order valence-corrected chi connectivity index (χ1v) is 5.47. The number of aromatic amines is 1. The molecule has 1 aromatic carbocycles. The van der Waals surface area contributed by atoms with E-state index in [1.165, 1.54) is 12.3 Å². The fourth-order valence-electron chi connectivity index (χ4n) is 1.40. The van der Waals surface area contributed by atoms with Gasteiger partial charge in [0, 0.05) is 18.0 Å². The Hall–Kier alpha value is -2.77. The molecule has 0 bridgehead atoms. The number of aromatic nitrogens is 2. The number of nitrogens with zero attached hydrogens (tertiary/aromatic N) is 1. The van der Waals surface area contributed by atoms with E-state index in [4.69, 9.17) is 0 Å². The number of ether oxygens (including phenoxy) is 1. The molecule has 0 radical (unpaired) electrons. The van der Waals surface area contributed by atoms with Crippen molar-refractivity contribution in [2.75, 3.05) is 11.9 Å². The van der Waals surface area contributed by atoms with E-state index in [-0.39, 0.29) is 11.4 Å². The Balaban J connectivity index is 1.88. The minimum atomic E-state index is -0.824. The van der Waals surface area contributed by atoms with E-state index in [9.17, 15) is 18.4 Å². The van der Waals surface area contributed by atoms with Gasteiger partial charge < -0.3 is 10.1 Å². The van der Waals surface area contributed by atoms with Crippen LogP contribution in [0.15, 0.2) is 30.5 Å². The largest absolute Gasteiger partial charge is 0.451 e. The van der Waals surface area contributed by atoms with Gasteiger partial charge in [0.15, 0.2) is 6.61 Å². The molecule has 2 N–H and O–H groups in total. The van der Waals surface area contributed by atoms with E-state index in [0.717, 1.165) is 12.1 Å². The summed E-state index contributed by atoms with van der Waals surface area (Å²) in [5.41, 5.74) is 0.0275. The third-order valence-electron chi connectivity index (χ3n) is 2.20. The number of benzene rings is 1. The summed E-state index contributed by atoms with van der Waals surface area (Å²) in [6, 6.07) is 3.94. The molecule has 8 heteroatoms. The van der Waals surface area contributed by atoms with Crippen molar-refractivity contribution in [3.8, 4) is 0 Å². The second kappa shape index (κ2) is 5.91. The van der Waals surface area contributed by atoms with E-state index in [1.54, 1.807) is 0 Å². The zero-order valence-corrected chi connectivity index (χ0v) is 10.0. The number of esters is 1. The lowest BCUT2D eigenvalue weighted by atomic mass is 10.3. The number of halogens is 2. The van der Waals surface area contributed by atoms with Crippen LogP contribution in [0.5, 0.6) is 0 Å². The smallest absolute Gasteiger partial charge is 0.356 e. The van der Waals surface area contributed by atoms with Crippen molar-refractivity contribution < 1.29 is 23.1 Å². The summed E-state index contributed by atoms with van der Waals surface area (Å²) in [4.78, 5) is 22.8. The summed E-state index contributed by atoms with van der Waals surface area (Å²) in [6.07, 6.45) is 1.35. The first-order chi connectivity index (χ1) is 9.54. The highest BCUT2D eigenvalue weighted by atomic mass is 19.1. The van der Waals surface area contributed by atoms with Crippen molar-refractivity contribution >= 4 is 17.6 Å². The molecule has 1 amide bonds. The Labute approximate surface area is 111 Å². The number of nitrogens with one attached hydrogen (secondary N) is 2. The molecule has 1 aromatic heterocycles. The van der Waals surface area contributed by atoms with Gasteiger partial charge in [0.05, 0.1) is 0 Å². The number of hydrogen-bond acceptors (Lipinski definition) is 4. The second-order valence-corrected chi connectivity index (χ2v) is 3.75. The lowest BCUT2D eigenvalue weighted by Gasteiger charge is -2.06. The van der Waals surface area contributed by atoms with Gasteiger partial charge in [-0.2, -0.15) is 5.10 Å². The molecule has 0 fully saturated rings. The van der Waals surface area contributed by atoms with Gasteiger partial charge in [0.2, 0.25) is 0 Å². The maximum atomic E-state index is 12.9. The highest BCUT2D eigenvalue weighted by Crippen LogP contribution is 2.12. The van der Waals surface area contributed by atoms with Gasteiger partial charge in [0.25, 0.3) is 5.91 Å². The molecule has 0 aliphatic rings. The second-order valence-electron chi connectivity index (χ2n) is 3.75. The maximum Gasteiger partial charge on any atom is 0.356 e. The summed E-state index contributed by atoms with van der Waals surface area (Å²) in [6.45, 7) is -0.587. The first-order valence-electron chi connectivity index (χ1n) is 5.47.